The number of halogens is 1. The molecule has 0 aliphatic carbocycles. The Morgan fingerprint density at radius 2 is 2.36 bits per heavy atom. The molecule has 4 heteroatoms. The van der Waals surface area contributed by atoms with E-state index >= 15 is 0 Å². The summed E-state index contributed by atoms with van der Waals surface area (Å²) in [7, 11) is 1.54. The van der Waals surface area contributed by atoms with Crippen molar-refractivity contribution in [1.29, 1.82) is 0 Å². The summed E-state index contributed by atoms with van der Waals surface area (Å²) < 4.78 is 5.05. The highest BCUT2D eigenvalue weighted by molar-refractivity contribution is 6.31. The maximum absolute atomic E-state index is 10.8. The van der Waals surface area contributed by atoms with Gasteiger partial charge < -0.3 is 9.53 Å². The Bertz CT molecular complexity index is 339. The maximum Gasteiger partial charge on any atom is 0.217 e. The summed E-state index contributed by atoms with van der Waals surface area (Å²) >= 11 is 5.96. The monoisotopic (exact) mass is 213 g/mol. The minimum atomic E-state index is 0.131. The second-order valence-electron chi connectivity index (χ2n) is 2.98. The lowest BCUT2D eigenvalue weighted by molar-refractivity contribution is -0.116. The van der Waals surface area contributed by atoms with Gasteiger partial charge in [0.1, 0.15) is 5.78 Å². The van der Waals surface area contributed by atoms with Crippen LogP contribution in [0.4, 0.5) is 0 Å². The molecule has 14 heavy (non-hydrogen) atoms. The highest BCUT2D eigenvalue weighted by Gasteiger charge is 2.09. The van der Waals surface area contributed by atoms with E-state index in [-0.39, 0.29) is 5.78 Å². The fourth-order valence-corrected chi connectivity index (χ4v) is 1.39. The molecule has 3 nitrogen and oxygen atoms in total. The van der Waals surface area contributed by atoms with Gasteiger partial charge in [0.05, 0.1) is 12.1 Å². The molecule has 0 aliphatic rings. The lowest BCUT2D eigenvalue weighted by atomic mass is 10.1. The van der Waals surface area contributed by atoms with Gasteiger partial charge in [-0.05, 0) is 19.4 Å². The number of carbonyl (C=O) groups excluding carboxylic acids is 1. The van der Waals surface area contributed by atoms with Crippen molar-refractivity contribution in [3.63, 3.8) is 0 Å². The predicted molar refractivity (Wildman–Crippen MR) is 54.8 cm³/mol. The number of aromatic nitrogens is 1. The molecule has 1 aromatic heterocycles. The number of hydrogen-bond donors (Lipinski definition) is 0. The SMILES string of the molecule is COc1nccc(Cl)c1CCC(C)=O. The average molecular weight is 214 g/mol. The molecule has 0 atom stereocenters. The van der Waals surface area contributed by atoms with E-state index in [0.29, 0.717) is 23.7 Å². The van der Waals surface area contributed by atoms with E-state index in [2.05, 4.69) is 4.98 Å². The second-order valence-corrected chi connectivity index (χ2v) is 3.39. The van der Waals surface area contributed by atoms with Crippen molar-refractivity contribution < 1.29 is 9.53 Å². The standard InChI is InChI=1S/C10H12ClNO2/c1-7(13)3-4-8-9(11)5-6-12-10(8)14-2/h5-6H,3-4H2,1-2H3. The van der Waals surface area contributed by atoms with Crippen molar-refractivity contribution in [3.05, 3.63) is 22.8 Å². The zero-order valence-electron chi connectivity index (χ0n) is 8.21. The number of ether oxygens (including phenoxy) is 1. The molecule has 0 N–H and O–H groups in total. The van der Waals surface area contributed by atoms with Gasteiger partial charge in [-0.25, -0.2) is 4.98 Å². The first-order valence-electron chi connectivity index (χ1n) is 4.32. The first-order chi connectivity index (χ1) is 6.65. The smallest absolute Gasteiger partial charge is 0.217 e. The highest BCUT2D eigenvalue weighted by Crippen LogP contribution is 2.24. The van der Waals surface area contributed by atoms with Crippen LogP contribution in [0.2, 0.25) is 5.02 Å². The fourth-order valence-electron chi connectivity index (χ4n) is 1.15. The van der Waals surface area contributed by atoms with Crippen LogP contribution in [0, 0.1) is 0 Å². The molecular weight excluding hydrogens is 202 g/mol. The number of hydrogen-bond acceptors (Lipinski definition) is 3. The third-order valence-electron chi connectivity index (χ3n) is 1.88. The summed E-state index contributed by atoms with van der Waals surface area (Å²) in [6, 6.07) is 1.69. The Morgan fingerprint density at radius 1 is 1.64 bits per heavy atom. The van der Waals surface area contributed by atoms with Gasteiger partial charge in [0.2, 0.25) is 5.88 Å². The zero-order chi connectivity index (χ0) is 10.6. The maximum atomic E-state index is 10.8. The number of carbonyl (C=O) groups is 1. The Hall–Kier alpha value is -1.09. The van der Waals surface area contributed by atoms with Gasteiger partial charge in [0.25, 0.3) is 0 Å². The summed E-state index contributed by atoms with van der Waals surface area (Å²) in [6.07, 6.45) is 2.62. The topological polar surface area (TPSA) is 39.2 Å². The second kappa shape index (κ2) is 4.96. The predicted octanol–water partition coefficient (Wildman–Crippen LogP) is 2.27. The summed E-state index contributed by atoms with van der Waals surface area (Å²) in [5, 5.41) is 0.595. The van der Waals surface area contributed by atoms with E-state index < -0.39 is 0 Å². The van der Waals surface area contributed by atoms with Crippen LogP contribution in [0.25, 0.3) is 0 Å². The van der Waals surface area contributed by atoms with Gasteiger partial charge in [0.15, 0.2) is 0 Å². The molecule has 1 rings (SSSR count). The summed E-state index contributed by atoms with van der Waals surface area (Å²) in [4.78, 5) is 14.8. The molecule has 0 saturated carbocycles. The molecule has 0 saturated heterocycles. The van der Waals surface area contributed by atoms with Crippen molar-refractivity contribution >= 4 is 17.4 Å². The van der Waals surface area contributed by atoms with Crippen LogP contribution < -0.4 is 4.74 Å². The number of ketones is 1. The molecule has 1 heterocycles. The van der Waals surface area contributed by atoms with Crippen LogP contribution in [0.1, 0.15) is 18.9 Å². The Kier molecular flexibility index (Phi) is 3.89. The third-order valence-corrected chi connectivity index (χ3v) is 2.23. The van der Waals surface area contributed by atoms with Gasteiger partial charge >= 0.3 is 0 Å². The zero-order valence-corrected chi connectivity index (χ0v) is 8.97. The van der Waals surface area contributed by atoms with Crippen LogP contribution in [-0.2, 0) is 11.2 Å². The van der Waals surface area contributed by atoms with Crippen LogP contribution in [0.15, 0.2) is 12.3 Å². The van der Waals surface area contributed by atoms with E-state index in [1.807, 2.05) is 0 Å². The number of Topliss-reactive ketones (excluding diaryl/α,β-unsaturated/α-hetero) is 1. The quantitative estimate of drug-likeness (QED) is 0.770. The largest absolute Gasteiger partial charge is 0.481 e. The Labute approximate surface area is 88.1 Å². The molecule has 0 bridgehead atoms. The van der Waals surface area contributed by atoms with Gasteiger partial charge in [0, 0.05) is 18.2 Å². The summed E-state index contributed by atoms with van der Waals surface area (Å²) in [6.45, 7) is 1.55. The van der Waals surface area contributed by atoms with Gasteiger partial charge in [-0.3, -0.25) is 0 Å². The highest BCUT2D eigenvalue weighted by atomic mass is 35.5. The molecule has 0 unspecified atom stereocenters. The minimum absolute atomic E-state index is 0.131. The lowest BCUT2D eigenvalue weighted by Gasteiger charge is -2.07. The number of methoxy groups -OCH3 is 1. The van der Waals surface area contributed by atoms with E-state index in [4.69, 9.17) is 16.3 Å². The van der Waals surface area contributed by atoms with Gasteiger partial charge in [-0.2, -0.15) is 0 Å². The molecule has 0 aromatic carbocycles. The molecular formula is C10H12ClNO2. The number of rotatable bonds is 4. The fraction of sp³-hybridized carbons (Fsp3) is 0.400. The van der Waals surface area contributed by atoms with Crippen LogP contribution in [-0.4, -0.2) is 17.9 Å². The van der Waals surface area contributed by atoms with Crippen LogP contribution in [0.5, 0.6) is 5.88 Å². The Balaban J connectivity index is 2.87. The third kappa shape index (κ3) is 2.70. The van der Waals surface area contributed by atoms with Gasteiger partial charge in [-0.1, -0.05) is 11.6 Å². The Morgan fingerprint density at radius 3 is 2.93 bits per heavy atom. The van der Waals surface area contributed by atoms with Crippen molar-refractivity contribution in [1.82, 2.24) is 4.98 Å². The number of nitrogens with zero attached hydrogens (tertiary/aromatic N) is 1. The van der Waals surface area contributed by atoms with E-state index in [0.717, 1.165) is 5.56 Å². The summed E-state index contributed by atoms with van der Waals surface area (Å²) in [5.41, 5.74) is 0.798. The molecule has 0 fully saturated rings. The average Bonchev–Trinajstić information content (AvgIpc) is 2.15. The molecule has 0 aliphatic heterocycles. The minimum Gasteiger partial charge on any atom is -0.481 e. The van der Waals surface area contributed by atoms with E-state index in [1.54, 1.807) is 19.2 Å². The van der Waals surface area contributed by atoms with E-state index in [1.165, 1.54) is 7.11 Å². The first-order valence-corrected chi connectivity index (χ1v) is 4.69. The van der Waals surface area contributed by atoms with E-state index in [9.17, 15) is 4.79 Å². The molecule has 1 aromatic rings. The van der Waals surface area contributed by atoms with Crippen molar-refractivity contribution in [3.8, 4) is 5.88 Å². The normalized spacial score (nSPS) is 9.93. The molecule has 0 amide bonds. The van der Waals surface area contributed by atoms with Crippen molar-refractivity contribution in [2.45, 2.75) is 19.8 Å². The molecule has 0 radical (unpaired) electrons. The molecule has 0 spiro atoms. The molecule has 76 valence electrons. The summed E-state index contributed by atoms with van der Waals surface area (Å²) in [5.74, 6) is 0.630. The number of pyridine rings is 1. The first kappa shape index (κ1) is 11.0. The lowest BCUT2D eigenvalue weighted by Crippen LogP contribution is -1.99. The van der Waals surface area contributed by atoms with Crippen molar-refractivity contribution in [2.75, 3.05) is 7.11 Å². The van der Waals surface area contributed by atoms with Crippen molar-refractivity contribution in [2.24, 2.45) is 0 Å². The van der Waals surface area contributed by atoms with Crippen LogP contribution >= 0.6 is 11.6 Å². The van der Waals surface area contributed by atoms with Gasteiger partial charge in [-0.15, -0.1) is 0 Å². The van der Waals surface area contributed by atoms with Crippen LogP contribution in [0.3, 0.4) is 0 Å².